The normalized spacial score (nSPS) is 14.0. The first-order valence-electron chi connectivity index (χ1n) is 9.83. The van der Waals surface area contributed by atoms with Crippen LogP contribution < -0.4 is 14.4 Å². The van der Waals surface area contributed by atoms with Gasteiger partial charge in [0.2, 0.25) is 0 Å². The van der Waals surface area contributed by atoms with E-state index in [1.165, 1.54) is 10.8 Å². The average molecular weight is 450 g/mol. The number of ether oxygens (including phenoxy) is 2. The van der Waals surface area contributed by atoms with Crippen LogP contribution in [0.3, 0.4) is 0 Å². The summed E-state index contributed by atoms with van der Waals surface area (Å²) in [7, 11) is 3.31. The Balaban J connectivity index is 0.00000160. The van der Waals surface area contributed by atoms with E-state index >= 15 is 0 Å². The number of hydrogen-bond donors (Lipinski definition) is 0. The van der Waals surface area contributed by atoms with Crippen molar-refractivity contribution in [3.63, 3.8) is 0 Å². The van der Waals surface area contributed by atoms with Crippen molar-refractivity contribution in [1.29, 1.82) is 0 Å². The number of likely N-dealkylation sites (N-methyl/N-ethyl adjacent to an activating group) is 1. The molecule has 7 heteroatoms. The molecule has 0 N–H and O–H groups in total. The van der Waals surface area contributed by atoms with Crippen molar-refractivity contribution in [1.82, 2.24) is 9.88 Å². The summed E-state index contributed by atoms with van der Waals surface area (Å²) in [5, 5.41) is 2.41. The number of pyridine rings is 1. The third-order valence-electron chi connectivity index (χ3n) is 5.52. The van der Waals surface area contributed by atoms with Crippen LogP contribution in [-0.2, 0) is 0 Å². The molecule has 4 rings (SSSR count). The van der Waals surface area contributed by atoms with Crippen molar-refractivity contribution < 1.29 is 9.47 Å². The van der Waals surface area contributed by atoms with Gasteiger partial charge in [-0.2, -0.15) is 0 Å². The topological polar surface area (TPSA) is 37.8 Å². The molecule has 1 saturated heterocycles. The SMILES string of the molecule is CCN1CCN(c2nc(-c3ccc(OC)c(OC)c3)cc3ccccc23)CC1.Cl.Cl. The molecule has 0 bridgehead atoms. The van der Waals surface area contributed by atoms with Crippen molar-refractivity contribution >= 4 is 41.4 Å². The summed E-state index contributed by atoms with van der Waals surface area (Å²) < 4.78 is 10.9. The Labute approximate surface area is 190 Å². The van der Waals surface area contributed by atoms with Gasteiger partial charge in [-0.25, -0.2) is 4.98 Å². The quantitative estimate of drug-likeness (QED) is 0.553. The number of anilines is 1. The van der Waals surface area contributed by atoms with Crippen molar-refractivity contribution in [2.45, 2.75) is 6.92 Å². The zero-order valence-corrected chi connectivity index (χ0v) is 19.3. The van der Waals surface area contributed by atoms with Crippen LogP contribution in [0.15, 0.2) is 48.5 Å². The van der Waals surface area contributed by atoms with Crippen molar-refractivity contribution in [3.05, 3.63) is 48.5 Å². The highest BCUT2D eigenvalue weighted by molar-refractivity contribution is 5.95. The van der Waals surface area contributed by atoms with Gasteiger partial charge in [0.25, 0.3) is 0 Å². The molecule has 162 valence electrons. The predicted octanol–water partition coefficient (Wildman–Crippen LogP) is 4.90. The summed E-state index contributed by atoms with van der Waals surface area (Å²) in [5.74, 6) is 2.51. The van der Waals surface area contributed by atoms with Gasteiger partial charge < -0.3 is 19.3 Å². The molecule has 0 spiro atoms. The van der Waals surface area contributed by atoms with E-state index in [-0.39, 0.29) is 24.8 Å². The summed E-state index contributed by atoms with van der Waals surface area (Å²) in [6.45, 7) is 7.48. The van der Waals surface area contributed by atoms with Gasteiger partial charge in [-0.05, 0) is 36.2 Å². The minimum Gasteiger partial charge on any atom is -0.493 e. The predicted molar refractivity (Wildman–Crippen MR) is 129 cm³/mol. The Morgan fingerprint density at radius 3 is 2.23 bits per heavy atom. The number of halogens is 2. The Kier molecular flexibility index (Phi) is 8.59. The molecule has 1 aliphatic heterocycles. The maximum atomic E-state index is 5.49. The zero-order chi connectivity index (χ0) is 19.5. The van der Waals surface area contributed by atoms with Crippen LogP contribution >= 0.6 is 24.8 Å². The maximum absolute atomic E-state index is 5.49. The number of benzene rings is 2. The summed E-state index contributed by atoms with van der Waals surface area (Å²) in [4.78, 5) is 9.99. The fourth-order valence-electron chi connectivity index (χ4n) is 3.84. The Morgan fingerprint density at radius 1 is 0.867 bits per heavy atom. The summed E-state index contributed by atoms with van der Waals surface area (Å²) in [6, 6.07) is 16.6. The average Bonchev–Trinajstić information content (AvgIpc) is 2.77. The van der Waals surface area contributed by atoms with Gasteiger partial charge in [0, 0.05) is 37.1 Å². The fraction of sp³-hybridized carbons (Fsp3) is 0.348. The third-order valence-corrected chi connectivity index (χ3v) is 5.52. The minimum absolute atomic E-state index is 0. The number of aromatic nitrogens is 1. The molecule has 0 radical (unpaired) electrons. The minimum atomic E-state index is 0. The summed E-state index contributed by atoms with van der Waals surface area (Å²) in [5.41, 5.74) is 1.98. The van der Waals surface area contributed by atoms with Crippen LogP contribution in [-0.4, -0.2) is 56.8 Å². The number of hydrogen-bond acceptors (Lipinski definition) is 5. The number of fused-ring (bicyclic) bond motifs is 1. The highest BCUT2D eigenvalue weighted by Gasteiger charge is 2.20. The Morgan fingerprint density at radius 2 is 1.57 bits per heavy atom. The molecule has 1 fully saturated rings. The van der Waals surface area contributed by atoms with E-state index in [4.69, 9.17) is 14.5 Å². The van der Waals surface area contributed by atoms with Crippen molar-refractivity contribution in [3.8, 4) is 22.8 Å². The maximum Gasteiger partial charge on any atom is 0.161 e. The lowest BCUT2D eigenvalue weighted by Crippen LogP contribution is -2.46. The molecular formula is C23H29Cl2N3O2. The zero-order valence-electron chi connectivity index (χ0n) is 17.6. The van der Waals surface area contributed by atoms with Crippen LogP contribution in [0.5, 0.6) is 11.5 Å². The van der Waals surface area contributed by atoms with Gasteiger partial charge >= 0.3 is 0 Å². The fourth-order valence-corrected chi connectivity index (χ4v) is 3.84. The van der Waals surface area contributed by atoms with Crippen LogP contribution in [0.2, 0.25) is 0 Å². The largest absolute Gasteiger partial charge is 0.493 e. The van der Waals surface area contributed by atoms with Crippen molar-refractivity contribution in [2.24, 2.45) is 0 Å². The van der Waals surface area contributed by atoms with Crippen molar-refractivity contribution in [2.75, 3.05) is 51.8 Å². The number of piperazine rings is 1. The van der Waals surface area contributed by atoms with E-state index in [1.807, 2.05) is 18.2 Å². The first kappa shape index (κ1) is 24.1. The summed E-state index contributed by atoms with van der Waals surface area (Å²) in [6.07, 6.45) is 0. The highest BCUT2D eigenvalue weighted by Crippen LogP contribution is 2.35. The molecule has 0 atom stereocenters. The molecule has 3 aromatic rings. The van der Waals surface area contributed by atoms with E-state index in [2.05, 4.69) is 47.1 Å². The lowest BCUT2D eigenvalue weighted by molar-refractivity contribution is 0.271. The molecule has 1 aromatic heterocycles. The molecule has 2 heterocycles. The second kappa shape index (κ2) is 10.7. The van der Waals surface area contributed by atoms with Gasteiger partial charge in [0.15, 0.2) is 11.5 Å². The Bertz CT molecular complexity index is 976. The number of nitrogens with zero attached hydrogens (tertiary/aromatic N) is 3. The lowest BCUT2D eigenvalue weighted by Gasteiger charge is -2.35. The second-order valence-corrected chi connectivity index (χ2v) is 7.04. The lowest BCUT2D eigenvalue weighted by atomic mass is 10.1. The van der Waals surface area contributed by atoms with Gasteiger partial charge in [-0.1, -0.05) is 31.2 Å². The smallest absolute Gasteiger partial charge is 0.161 e. The molecule has 5 nitrogen and oxygen atoms in total. The third kappa shape index (κ3) is 4.75. The molecule has 0 unspecified atom stereocenters. The summed E-state index contributed by atoms with van der Waals surface area (Å²) >= 11 is 0. The molecular weight excluding hydrogens is 421 g/mol. The van der Waals surface area contributed by atoms with Gasteiger partial charge in [0.05, 0.1) is 19.9 Å². The Hall–Kier alpha value is -2.21. The first-order chi connectivity index (χ1) is 13.7. The highest BCUT2D eigenvalue weighted by atomic mass is 35.5. The molecule has 1 aliphatic rings. The standard InChI is InChI=1S/C23H27N3O2.2ClH/c1-4-25-11-13-26(14-12-25)23-19-8-6-5-7-17(19)15-20(24-23)18-9-10-21(27-2)22(16-18)28-3;;/h5-10,15-16H,4,11-14H2,1-3H3;2*1H. The molecule has 0 saturated carbocycles. The molecule has 0 aliphatic carbocycles. The van der Waals surface area contributed by atoms with E-state index < -0.39 is 0 Å². The van der Waals surface area contributed by atoms with Crippen LogP contribution in [0, 0.1) is 0 Å². The number of methoxy groups -OCH3 is 2. The van der Waals surface area contributed by atoms with E-state index in [9.17, 15) is 0 Å². The molecule has 0 amide bonds. The molecule has 2 aromatic carbocycles. The van der Waals surface area contributed by atoms with E-state index in [0.29, 0.717) is 5.75 Å². The van der Waals surface area contributed by atoms with Gasteiger partial charge in [-0.3, -0.25) is 0 Å². The van der Waals surface area contributed by atoms with E-state index in [1.54, 1.807) is 14.2 Å². The first-order valence-corrected chi connectivity index (χ1v) is 9.83. The van der Waals surface area contributed by atoms with Gasteiger partial charge in [-0.15, -0.1) is 24.8 Å². The monoisotopic (exact) mass is 449 g/mol. The molecule has 30 heavy (non-hydrogen) atoms. The second-order valence-electron chi connectivity index (χ2n) is 7.04. The van der Waals surface area contributed by atoms with Crippen LogP contribution in [0.4, 0.5) is 5.82 Å². The van der Waals surface area contributed by atoms with Crippen LogP contribution in [0.25, 0.3) is 22.0 Å². The van der Waals surface area contributed by atoms with Crippen LogP contribution in [0.1, 0.15) is 6.92 Å². The number of rotatable bonds is 5. The van der Waals surface area contributed by atoms with E-state index in [0.717, 1.165) is 55.5 Å². The van der Waals surface area contributed by atoms with Gasteiger partial charge in [0.1, 0.15) is 5.82 Å².